The Hall–Kier alpha value is 0.200. The molecule has 0 aliphatic carbocycles. The molecule has 0 aromatic heterocycles. The van der Waals surface area contributed by atoms with Gasteiger partial charge in [-0.05, 0) is 57.0 Å². The molecular formula is C11H11Br3O. The largest absolute Gasteiger partial charge is 0.460 e. The van der Waals surface area contributed by atoms with Crippen LogP contribution in [0, 0.1) is 0 Å². The summed E-state index contributed by atoms with van der Waals surface area (Å²) in [6.07, 6.45) is 2.85. The van der Waals surface area contributed by atoms with Crippen LogP contribution in [0.3, 0.4) is 0 Å². The maximum atomic E-state index is 5.78. The fourth-order valence-corrected chi connectivity index (χ4v) is 3.51. The van der Waals surface area contributed by atoms with Gasteiger partial charge in [0.2, 0.25) is 0 Å². The molecule has 0 saturated carbocycles. The molecule has 0 saturated heterocycles. The van der Waals surface area contributed by atoms with Crippen molar-refractivity contribution in [1.82, 2.24) is 0 Å². The number of benzene rings is 1. The first kappa shape index (κ1) is 13.3. The molecule has 1 aromatic rings. The van der Waals surface area contributed by atoms with Crippen LogP contribution in [-0.2, 0) is 0 Å². The van der Waals surface area contributed by atoms with Crippen molar-refractivity contribution >= 4 is 47.8 Å². The molecule has 0 aliphatic heterocycles. The topological polar surface area (TPSA) is 9.23 Å². The second-order valence-electron chi connectivity index (χ2n) is 2.91. The Morgan fingerprint density at radius 1 is 1.27 bits per heavy atom. The predicted octanol–water partition coefficient (Wildman–Crippen LogP) is 5.67. The molecule has 0 fully saturated rings. The molecule has 1 nitrogen and oxygen atoms in total. The number of rotatable bonds is 3. The number of allylic oxidation sites excluding steroid dienone is 2. The van der Waals surface area contributed by atoms with E-state index < -0.39 is 0 Å². The van der Waals surface area contributed by atoms with Gasteiger partial charge in [0.25, 0.3) is 0 Å². The summed E-state index contributed by atoms with van der Waals surface area (Å²) in [5.74, 6) is 1.77. The molecule has 1 aromatic carbocycles. The first-order valence-corrected chi connectivity index (χ1v) is 6.94. The van der Waals surface area contributed by atoms with Gasteiger partial charge >= 0.3 is 0 Å². The zero-order chi connectivity index (χ0) is 11.4. The normalized spacial score (nSPS) is 11.7. The molecule has 0 bridgehead atoms. The van der Waals surface area contributed by atoms with Gasteiger partial charge in [-0.15, -0.1) is 0 Å². The molecule has 0 radical (unpaired) electrons. The highest BCUT2D eigenvalue weighted by Gasteiger charge is 2.09. The van der Waals surface area contributed by atoms with Crippen molar-refractivity contribution in [2.75, 3.05) is 0 Å². The molecule has 0 atom stereocenters. The third-order valence-electron chi connectivity index (χ3n) is 1.87. The van der Waals surface area contributed by atoms with Crippen molar-refractivity contribution in [2.45, 2.75) is 20.3 Å². The van der Waals surface area contributed by atoms with Crippen molar-refractivity contribution in [3.8, 4) is 5.75 Å². The van der Waals surface area contributed by atoms with Crippen LogP contribution in [0.2, 0.25) is 0 Å². The Bertz CT molecular complexity index is 362. The molecule has 4 heteroatoms. The van der Waals surface area contributed by atoms with E-state index >= 15 is 0 Å². The molecular weight excluding hydrogens is 388 g/mol. The quantitative estimate of drug-likeness (QED) is 0.596. The van der Waals surface area contributed by atoms with E-state index in [4.69, 9.17) is 4.74 Å². The van der Waals surface area contributed by atoms with E-state index in [9.17, 15) is 0 Å². The molecule has 82 valence electrons. The lowest BCUT2D eigenvalue weighted by molar-refractivity contribution is 0.403. The van der Waals surface area contributed by atoms with Crippen LogP contribution in [0.25, 0.3) is 0 Å². The fourth-order valence-electron chi connectivity index (χ4n) is 1.09. The Morgan fingerprint density at radius 3 is 2.20 bits per heavy atom. The SMILES string of the molecule is CC=C(CC)Oc1c(Br)cc(Br)cc1Br. The predicted molar refractivity (Wildman–Crippen MR) is 74.2 cm³/mol. The smallest absolute Gasteiger partial charge is 0.155 e. The number of halogens is 3. The maximum Gasteiger partial charge on any atom is 0.155 e. The van der Waals surface area contributed by atoms with Crippen LogP contribution < -0.4 is 4.74 Å². The third kappa shape index (κ3) is 3.61. The second-order valence-corrected chi connectivity index (χ2v) is 5.53. The van der Waals surface area contributed by atoms with Gasteiger partial charge in [-0.3, -0.25) is 0 Å². The molecule has 15 heavy (non-hydrogen) atoms. The third-order valence-corrected chi connectivity index (χ3v) is 3.50. The standard InChI is InChI=1S/C11H11Br3O/c1-3-8(4-2)15-11-9(13)5-7(12)6-10(11)14/h3,5-6H,4H2,1-2H3. The lowest BCUT2D eigenvalue weighted by atomic mass is 10.3. The Labute approximate surface area is 115 Å². The maximum absolute atomic E-state index is 5.78. The van der Waals surface area contributed by atoms with Crippen LogP contribution in [0.5, 0.6) is 5.75 Å². The minimum Gasteiger partial charge on any atom is -0.460 e. The van der Waals surface area contributed by atoms with Gasteiger partial charge in [-0.25, -0.2) is 0 Å². The van der Waals surface area contributed by atoms with Crippen LogP contribution in [0.1, 0.15) is 20.3 Å². The van der Waals surface area contributed by atoms with Crippen LogP contribution in [-0.4, -0.2) is 0 Å². The molecule has 0 unspecified atom stereocenters. The van der Waals surface area contributed by atoms with Crippen molar-refractivity contribution in [3.63, 3.8) is 0 Å². The Balaban J connectivity index is 3.05. The summed E-state index contributed by atoms with van der Waals surface area (Å²) >= 11 is 10.4. The highest BCUT2D eigenvalue weighted by molar-refractivity contribution is 9.11. The lowest BCUT2D eigenvalue weighted by Gasteiger charge is -2.12. The summed E-state index contributed by atoms with van der Waals surface area (Å²) in [7, 11) is 0. The molecule has 1 rings (SSSR count). The number of hydrogen-bond donors (Lipinski definition) is 0. The van der Waals surface area contributed by atoms with E-state index in [2.05, 4.69) is 54.7 Å². The van der Waals surface area contributed by atoms with Crippen molar-refractivity contribution < 1.29 is 4.74 Å². The number of hydrogen-bond acceptors (Lipinski definition) is 1. The summed E-state index contributed by atoms with van der Waals surface area (Å²) in [4.78, 5) is 0. The number of ether oxygens (including phenoxy) is 1. The van der Waals surface area contributed by atoms with Crippen molar-refractivity contribution in [3.05, 3.63) is 37.4 Å². The zero-order valence-electron chi connectivity index (χ0n) is 8.48. The first-order chi connectivity index (χ1) is 7.08. The first-order valence-electron chi connectivity index (χ1n) is 4.56. The highest BCUT2D eigenvalue weighted by atomic mass is 79.9. The van der Waals surface area contributed by atoms with Gasteiger partial charge in [0.05, 0.1) is 14.7 Å². The monoisotopic (exact) mass is 396 g/mol. The van der Waals surface area contributed by atoms with Gasteiger partial charge in [0, 0.05) is 10.9 Å². The summed E-state index contributed by atoms with van der Waals surface area (Å²) in [5, 5.41) is 0. The van der Waals surface area contributed by atoms with Gasteiger partial charge in [0.15, 0.2) is 5.75 Å². The molecule has 0 N–H and O–H groups in total. The fraction of sp³-hybridized carbons (Fsp3) is 0.273. The summed E-state index contributed by atoms with van der Waals surface area (Å²) < 4.78 is 8.64. The van der Waals surface area contributed by atoms with Gasteiger partial charge in [0.1, 0.15) is 0 Å². The van der Waals surface area contributed by atoms with E-state index in [1.165, 1.54) is 0 Å². The summed E-state index contributed by atoms with van der Waals surface area (Å²) in [6, 6.07) is 3.92. The van der Waals surface area contributed by atoms with E-state index in [1.807, 2.05) is 25.1 Å². The second kappa shape index (κ2) is 6.06. The zero-order valence-corrected chi connectivity index (χ0v) is 13.2. The molecule has 0 aliphatic rings. The molecule has 0 heterocycles. The van der Waals surface area contributed by atoms with Gasteiger partial charge in [-0.2, -0.15) is 0 Å². The van der Waals surface area contributed by atoms with Gasteiger partial charge < -0.3 is 4.74 Å². The van der Waals surface area contributed by atoms with Crippen LogP contribution >= 0.6 is 47.8 Å². The van der Waals surface area contributed by atoms with Crippen LogP contribution in [0.4, 0.5) is 0 Å². The summed E-state index contributed by atoms with van der Waals surface area (Å²) in [5.41, 5.74) is 0. The van der Waals surface area contributed by atoms with Crippen molar-refractivity contribution in [1.29, 1.82) is 0 Å². The average Bonchev–Trinajstić information content (AvgIpc) is 2.17. The van der Waals surface area contributed by atoms with Gasteiger partial charge in [-0.1, -0.05) is 22.9 Å². The Kier molecular flexibility index (Phi) is 5.36. The molecule has 0 amide bonds. The molecule has 0 spiro atoms. The lowest BCUT2D eigenvalue weighted by Crippen LogP contribution is -1.95. The highest BCUT2D eigenvalue weighted by Crippen LogP contribution is 2.37. The summed E-state index contributed by atoms with van der Waals surface area (Å²) in [6.45, 7) is 4.04. The van der Waals surface area contributed by atoms with Crippen molar-refractivity contribution in [2.24, 2.45) is 0 Å². The Morgan fingerprint density at radius 2 is 1.80 bits per heavy atom. The van der Waals surface area contributed by atoms with E-state index in [1.54, 1.807) is 0 Å². The minimum absolute atomic E-state index is 0.813. The van der Waals surface area contributed by atoms with E-state index in [0.717, 1.165) is 31.3 Å². The van der Waals surface area contributed by atoms with Crippen LogP contribution in [0.15, 0.2) is 37.4 Å². The van der Waals surface area contributed by atoms with E-state index in [-0.39, 0.29) is 0 Å². The van der Waals surface area contributed by atoms with E-state index in [0.29, 0.717) is 0 Å². The minimum atomic E-state index is 0.813. The average molecular weight is 399 g/mol.